The molecule has 0 aliphatic heterocycles. The SMILES string of the molecule is Cc1cc(C)c(N=Cc2cc(Cl)cc(C=Nc3c(C)cc(C)cc3C)n2)c(C)c1.[Cl-].[Cl-].[Cl-].[V+3]. The van der Waals surface area contributed by atoms with Gasteiger partial charge in [-0.05, 0) is 75.9 Å². The molecular weight excluding hydrogens is 535 g/mol. The van der Waals surface area contributed by atoms with Crippen LogP contribution < -0.4 is 37.2 Å². The predicted octanol–water partition coefficient (Wildman–Crippen LogP) is -1.90. The van der Waals surface area contributed by atoms with Crippen LogP contribution in [0.15, 0.2) is 46.4 Å². The van der Waals surface area contributed by atoms with Crippen LogP contribution in [0.1, 0.15) is 44.8 Å². The van der Waals surface area contributed by atoms with Crippen molar-refractivity contribution in [2.24, 2.45) is 9.98 Å². The van der Waals surface area contributed by atoms with Crippen LogP contribution in [0.25, 0.3) is 0 Å². The zero-order valence-corrected chi connectivity index (χ0v) is 23.8. The zero-order chi connectivity index (χ0) is 21.1. The van der Waals surface area contributed by atoms with Crippen molar-refractivity contribution < 1.29 is 55.8 Å². The van der Waals surface area contributed by atoms with E-state index in [0.29, 0.717) is 16.4 Å². The Morgan fingerprint density at radius 3 is 1.21 bits per heavy atom. The Hall–Kier alpha value is -1.33. The first kappa shape index (κ1) is 33.8. The summed E-state index contributed by atoms with van der Waals surface area (Å²) in [5, 5.41) is 0.609. The van der Waals surface area contributed by atoms with Crippen LogP contribution in [-0.2, 0) is 18.6 Å². The van der Waals surface area contributed by atoms with Crippen LogP contribution in [0.3, 0.4) is 0 Å². The van der Waals surface area contributed by atoms with Crippen molar-refractivity contribution in [3.05, 3.63) is 86.2 Å². The quantitative estimate of drug-likeness (QED) is 0.344. The number of aryl methyl sites for hydroxylation is 6. The third-order valence-electron chi connectivity index (χ3n) is 4.75. The predicted molar refractivity (Wildman–Crippen MR) is 125 cm³/mol. The minimum Gasteiger partial charge on any atom is -1.00 e. The maximum absolute atomic E-state index is 6.32. The molecule has 0 aliphatic rings. The summed E-state index contributed by atoms with van der Waals surface area (Å²) in [7, 11) is 0. The molecule has 0 saturated carbocycles. The summed E-state index contributed by atoms with van der Waals surface area (Å²) in [6, 6.07) is 12.2. The van der Waals surface area contributed by atoms with E-state index in [2.05, 4.69) is 80.8 Å². The van der Waals surface area contributed by atoms with Gasteiger partial charge < -0.3 is 37.2 Å². The molecule has 33 heavy (non-hydrogen) atoms. The summed E-state index contributed by atoms with van der Waals surface area (Å²) in [4.78, 5) is 14.0. The van der Waals surface area contributed by atoms with E-state index in [-0.39, 0.29) is 55.8 Å². The Bertz CT molecular complexity index is 1010. The molecule has 174 valence electrons. The molecule has 0 aliphatic carbocycles. The van der Waals surface area contributed by atoms with Gasteiger partial charge in [0.25, 0.3) is 0 Å². The van der Waals surface area contributed by atoms with Gasteiger partial charge in [0.15, 0.2) is 0 Å². The van der Waals surface area contributed by atoms with Gasteiger partial charge in [-0.25, -0.2) is 4.98 Å². The summed E-state index contributed by atoms with van der Waals surface area (Å²) >= 11 is 6.32. The Balaban J connectivity index is 0. The number of nitrogens with zero attached hydrogens (tertiary/aromatic N) is 3. The van der Waals surface area contributed by atoms with E-state index in [1.807, 2.05) is 12.1 Å². The maximum atomic E-state index is 6.32. The maximum Gasteiger partial charge on any atom is 3.00 e. The zero-order valence-electron chi connectivity index (χ0n) is 19.4. The Labute approximate surface area is 232 Å². The molecule has 3 rings (SSSR count). The molecule has 0 amide bonds. The molecule has 0 radical (unpaired) electrons. The topological polar surface area (TPSA) is 37.6 Å². The monoisotopic (exact) mass is 559 g/mol. The molecule has 0 spiro atoms. The number of hydrogen-bond donors (Lipinski definition) is 0. The molecule has 0 bridgehead atoms. The Morgan fingerprint density at radius 1 is 0.606 bits per heavy atom. The van der Waals surface area contributed by atoms with Gasteiger partial charge in [0.2, 0.25) is 0 Å². The summed E-state index contributed by atoms with van der Waals surface area (Å²) < 4.78 is 0. The minimum atomic E-state index is 0. The van der Waals surface area contributed by atoms with Crippen LogP contribution in [0.5, 0.6) is 0 Å². The molecule has 0 saturated heterocycles. The third kappa shape index (κ3) is 9.09. The van der Waals surface area contributed by atoms with Crippen molar-refractivity contribution in [1.82, 2.24) is 4.98 Å². The van der Waals surface area contributed by atoms with Gasteiger partial charge >= 0.3 is 18.6 Å². The fourth-order valence-electron chi connectivity index (χ4n) is 3.68. The van der Waals surface area contributed by atoms with Gasteiger partial charge in [-0.3, -0.25) is 9.98 Å². The average molecular weight is 561 g/mol. The van der Waals surface area contributed by atoms with Crippen LogP contribution in [0, 0.1) is 41.5 Å². The molecule has 3 nitrogen and oxygen atoms in total. The Kier molecular flexibility index (Phi) is 15.2. The van der Waals surface area contributed by atoms with E-state index in [1.54, 1.807) is 12.4 Å². The molecule has 8 heteroatoms. The van der Waals surface area contributed by atoms with Gasteiger partial charge in [0.05, 0.1) is 35.2 Å². The smallest absolute Gasteiger partial charge is 1.00 e. The van der Waals surface area contributed by atoms with Crippen molar-refractivity contribution >= 4 is 35.4 Å². The van der Waals surface area contributed by atoms with Crippen molar-refractivity contribution in [1.29, 1.82) is 0 Å². The molecule has 0 unspecified atom stereocenters. The number of aromatic nitrogens is 1. The van der Waals surface area contributed by atoms with Gasteiger partial charge in [-0.15, -0.1) is 0 Å². The van der Waals surface area contributed by atoms with Gasteiger partial charge in [0, 0.05) is 5.02 Å². The minimum absolute atomic E-state index is 0. The molecule has 1 heterocycles. The van der Waals surface area contributed by atoms with Gasteiger partial charge in [-0.1, -0.05) is 47.0 Å². The van der Waals surface area contributed by atoms with E-state index in [1.165, 1.54) is 11.1 Å². The molecule has 0 atom stereocenters. The van der Waals surface area contributed by atoms with E-state index in [9.17, 15) is 0 Å². The third-order valence-corrected chi connectivity index (χ3v) is 4.97. The van der Waals surface area contributed by atoms with Crippen molar-refractivity contribution in [3.8, 4) is 0 Å². The molecule has 1 aromatic heterocycles. The fraction of sp³-hybridized carbons (Fsp3) is 0.240. The first-order valence-electron chi connectivity index (χ1n) is 9.64. The van der Waals surface area contributed by atoms with E-state index < -0.39 is 0 Å². The van der Waals surface area contributed by atoms with Crippen LogP contribution in [0.2, 0.25) is 5.02 Å². The first-order valence-corrected chi connectivity index (χ1v) is 10.0. The number of halogens is 4. The molecule has 0 fully saturated rings. The van der Waals surface area contributed by atoms with Crippen molar-refractivity contribution in [3.63, 3.8) is 0 Å². The first-order chi connectivity index (χ1) is 13.7. The number of hydrogen-bond acceptors (Lipinski definition) is 3. The number of rotatable bonds is 4. The second-order valence-corrected chi connectivity index (χ2v) is 8.08. The summed E-state index contributed by atoms with van der Waals surface area (Å²) in [5.41, 5.74) is 10.4. The normalized spacial score (nSPS) is 10.3. The largest absolute Gasteiger partial charge is 3.00 e. The van der Waals surface area contributed by atoms with E-state index >= 15 is 0 Å². The standard InChI is InChI=1S/C25H26ClN3.3ClH.V/c1-15-7-17(3)24(18(4)8-15)27-13-22-11-21(26)12-23(29-22)14-28-25-19(5)9-16(2)10-20(25)6;;;;/h7-14H,1-6H3;3*1H;/q;;;;+3/p-3. The summed E-state index contributed by atoms with van der Waals surface area (Å²) in [5.74, 6) is 0. The number of aliphatic imine (C=N–C) groups is 2. The second kappa shape index (κ2) is 14.8. The summed E-state index contributed by atoms with van der Waals surface area (Å²) in [6.45, 7) is 12.5. The van der Waals surface area contributed by atoms with Crippen LogP contribution in [-0.4, -0.2) is 17.4 Å². The van der Waals surface area contributed by atoms with Crippen molar-refractivity contribution in [2.45, 2.75) is 41.5 Å². The van der Waals surface area contributed by atoms with E-state index in [4.69, 9.17) is 11.6 Å². The molecule has 0 N–H and O–H groups in total. The summed E-state index contributed by atoms with van der Waals surface area (Å²) in [6.07, 6.45) is 3.52. The number of pyridine rings is 1. The molecule has 2 aromatic carbocycles. The Morgan fingerprint density at radius 2 is 0.909 bits per heavy atom. The average Bonchev–Trinajstić information content (AvgIpc) is 2.59. The molecule has 3 aromatic rings. The van der Waals surface area contributed by atoms with Gasteiger partial charge in [0.1, 0.15) is 0 Å². The van der Waals surface area contributed by atoms with E-state index in [0.717, 1.165) is 33.6 Å². The van der Waals surface area contributed by atoms with Crippen LogP contribution >= 0.6 is 11.6 Å². The number of benzene rings is 2. The van der Waals surface area contributed by atoms with Gasteiger partial charge in [-0.2, -0.15) is 0 Å². The second-order valence-electron chi connectivity index (χ2n) is 7.65. The fourth-order valence-corrected chi connectivity index (χ4v) is 3.91. The van der Waals surface area contributed by atoms with Crippen LogP contribution in [0.4, 0.5) is 11.4 Å². The van der Waals surface area contributed by atoms with Crippen molar-refractivity contribution in [2.75, 3.05) is 0 Å². The molecular formula is C25H26Cl4N3V.